The SMILES string of the molecule is Cc1cccc(NC(=O)CCCOc2ccccc2F)n1. The number of aromatic nitrogens is 1. The van der Waals surface area contributed by atoms with Crippen LogP contribution in [-0.2, 0) is 4.79 Å². The van der Waals surface area contributed by atoms with Gasteiger partial charge in [-0.3, -0.25) is 4.79 Å². The van der Waals surface area contributed by atoms with Crippen LogP contribution in [0.3, 0.4) is 0 Å². The number of hydrogen-bond donors (Lipinski definition) is 1. The molecule has 2 rings (SSSR count). The van der Waals surface area contributed by atoms with Gasteiger partial charge in [0, 0.05) is 12.1 Å². The van der Waals surface area contributed by atoms with Crippen molar-refractivity contribution < 1.29 is 13.9 Å². The van der Waals surface area contributed by atoms with Gasteiger partial charge in [-0.25, -0.2) is 9.37 Å². The van der Waals surface area contributed by atoms with E-state index in [0.29, 0.717) is 18.7 Å². The summed E-state index contributed by atoms with van der Waals surface area (Å²) < 4.78 is 18.6. The number of nitrogens with one attached hydrogen (secondary N) is 1. The molecule has 0 fully saturated rings. The summed E-state index contributed by atoms with van der Waals surface area (Å²) in [5.41, 5.74) is 0.843. The number of nitrogens with zero attached hydrogens (tertiary/aromatic N) is 1. The minimum absolute atomic E-state index is 0.134. The first-order valence-electron chi connectivity index (χ1n) is 6.76. The van der Waals surface area contributed by atoms with Gasteiger partial charge in [0.2, 0.25) is 5.91 Å². The molecule has 0 aliphatic carbocycles. The van der Waals surface area contributed by atoms with Crippen LogP contribution >= 0.6 is 0 Å². The Labute approximate surface area is 123 Å². The topological polar surface area (TPSA) is 51.2 Å². The van der Waals surface area contributed by atoms with Crippen LogP contribution in [-0.4, -0.2) is 17.5 Å². The maximum atomic E-state index is 13.3. The first-order chi connectivity index (χ1) is 10.1. The molecule has 0 radical (unpaired) electrons. The van der Waals surface area contributed by atoms with Crippen LogP contribution in [0.4, 0.5) is 10.2 Å². The van der Waals surface area contributed by atoms with E-state index in [1.165, 1.54) is 6.07 Å². The molecule has 4 nitrogen and oxygen atoms in total. The number of rotatable bonds is 6. The molecule has 0 saturated carbocycles. The number of pyridine rings is 1. The average Bonchev–Trinajstić information content (AvgIpc) is 2.45. The fourth-order valence-corrected chi connectivity index (χ4v) is 1.79. The van der Waals surface area contributed by atoms with Gasteiger partial charge in [-0.15, -0.1) is 0 Å². The molecule has 110 valence electrons. The maximum absolute atomic E-state index is 13.3. The van der Waals surface area contributed by atoms with Gasteiger partial charge in [-0.2, -0.15) is 0 Å². The number of ether oxygens (including phenoxy) is 1. The summed E-state index contributed by atoms with van der Waals surface area (Å²) in [7, 11) is 0. The number of benzene rings is 1. The van der Waals surface area contributed by atoms with Crippen LogP contribution < -0.4 is 10.1 Å². The van der Waals surface area contributed by atoms with Gasteiger partial charge in [-0.1, -0.05) is 18.2 Å². The van der Waals surface area contributed by atoms with Gasteiger partial charge in [0.05, 0.1) is 6.61 Å². The fourth-order valence-electron chi connectivity index (χ4n) is 1.79. The zero-order chi connectivity index (χ0) is 15.1. The minimum atomic E-state index is -0.397. The summed E-state index contributed by atoms with van der Waals surface area (Å²) in [5, 5.41) is 2.71. The molecule has 1 aromatic carbocycles. The highest BCUT2D eigenvalue weighted by atomic mass is 19.1. The molecule has 1 aromatic heterocycles. The number of aryl methyl sites for hydroxylation is 1. The van der Waals surface area contributed by atoms with E-state index < -0.39 is 5.82 Å². The largest absolute Gasteiger partial charge is 0.491 e. The molecule has 21 heavy (non-hydrogen) atoms. The van der Waals surface area contributed by atoms with Crippen molar-refractivity contribution in [2.45, 2.75) is 19.8 Å². The van der Waals surface area contributed by atoms with Gasteiger partial charge in [0.15, 0.2) is 11.6 Å². The summed E-state index contributed by atoms with van der Waals surface area (Å²) >= 11 is 0. The third kappa shape index (κ3) is 4.87. The predicted octanol–water partition coefficient (Wildman–Crippen LogP) is 3.33. The second kappa shape index (κ2) is 7.38. The van der Waals surface area contributed by atoms with Gasteiger partial charge in [0.25, 0.3) is 0 Å². The van der Waals surface area contributed by atoms with E-state index in [2.05, 4.69) is 10.3 Å². The Morgan fingerprint density at radius 1 is 1.24 bits per heavy atom. The molecule has 0 atom stereocenters. The maximum Gasteiger partial charge on any atom is 0.225 e. The molecular weight excluding hydrogens is 271 g/mol. The summed E-state index contributed by atoms with van der Waals surface area (Å²) in [6.45, 7) is 2.15. The number of amides is 1. The molecule has 5 heteroatoms. The van der Waals surface area contributed by atoms with E-state index in [4.69, 9.17) is 4.74 Å². The van der Waals surface area contributed by atoms with Crippen molar-refractivity contribution >= 4 is 11.7 Å². The van der Waals surface area contributed by atoms with Crippen LogP contribution in [0.2, 0.25) is 0 Å². The van der Waals surface area contributed by atoms with Crippen LogP contribution in [0.15, 0.2) is 42.5 Å². The third-order valence-corrected chi connectivity index (χ3v) is 2.80. The van der Waals surface area contributed by atoms with Gasteiger partial charge >= 0.3 is 0 Å². The van der Waals surface area contributed by atoms with Crippen molar-refractivity contribution in [1.82, 2.24) is 4.98 Å². The molecule has 0 aliphatic rings. The predicted molar refractivity (Wildman–Crippen MR) is 78.7 cm³/mol. The number of carbonyl (C=O) groups excluding carboxylic acids is 1. The van der Waals surface area contributed by atoms with Gasteiger partial charge in [-0.05, 0) is 37.6 Å². The molecule has 0 spiro atoms. The third-order valence-electron chi connectivity index (χ3n) is 2.80. The normalized spacial score (nSPS) is 10.2. The number of hydrogen-bond acceptors (Lipinski definition) is 3. The lowest BCUT2D eigenvalue weighted by Gasteiger charge is -2.07. The van der Waals surface area contributed by atoms with E-state index in [9.17, 15) is 9.18 Å². The molecule has 0 bridgehead atoms. The van der Waals surface area contributed by atoms with E-state index in [0.717, 1.165) is 5.69 Å². The number of para-hydroxylation sites is 1. The van der Waals surface area contributed by atoms with Crippen molar-refractivity contribution in [3.63, 3.8) is 0 Å². The number of anilines is 1. The summed E-state index contributed by atoms with van der Waals surface area (Å²) in [6, 6.07) is 11.6. The lowest BCUT2D eigenvalue weighted by Crippen LogP contribution is -2.14. The second-order valence-corrected chi connectivity index (χ2v) is 4.59. The van der Waals surface area contributed by atoms with Gasteiger partial charge < -0.3 is 10.1 Å². The van der Waals surface area contributed by atoms with Crippen molar-refractivity contribution in [1.29, 1.82) is 0 Å². The van der Waals surface area contributed by atoms with Crippen LogP contribution in [0, 0.1) is 12.7 Å². The molecule has 0 unspecified atom stereocenters. The Hall–Kier alpha value is -2.43. The Morgan fingerprint density at radius 3 is 2.81 bits per heavy atom. The summed E-state index contributed by atoms with van der Waals surface area (Å²) in [6.07, 6.45) is 0.802. The fraction of sp³-hybridized carbons (Fsp3) is 0.250. The van der Waals surface area contributed by atoms with E-state index in [-0.39, 0.29) is 18.3 Å². The van der Waals surface area contributed by atoms with E-state index in [1.807, 2.05) is 19.1 Å². The minimum Gasteiger partial charge on any atom is -0.491 e. The smallest absolute Gasteiger partial charge is 0.225 e. The van der Waals surface area contributed by atoms with Crippen molar-refractivity contribution in [3.8, 4) is 5.75 Å². The average molecular weight is 288 g/mol. The molecule has 0 aliphatic heterocycles. The van der Waals surface area contributed by atoms with Crippen molar-refractivity contribution in [2.75, 3.05) is 11.9 Å². The lowest BCUT2D eigenvalue weighted by atomic mass is 10.3. The molecule has 2 aromatic rings. The first-order valence-corrected chi connectivity index (χ1v) is 6.76. The summed E-state index contributed by atoms with van der Waals surface area (Å²) in [4.78, 5) is 15.9. The molecule has 0 saturated heterocycles. The zero-order valence-electron chi connectivity index (χ0n) is 11.8. The number of carbonyl (C=O) groups is 1. The Balaban J connectivity index is 1.71. The zero-order valence-corrected chi connectivity index (χ0v) is 11.8. The highest BCUT2D eigenvalue weighted by Crippen LogP contribution is 2.15. The van der Waals surface area contributed by atoms with Crippen LogP contribution in [0.5, 0.6) is 5.75 Å². The Kier molecular flexibility index (Phi) is 5.26. The van der Waals surface area contributed by atoms with Crippen molar-refractivity contribution in [2.24, 2.45) is 0 Å². The first kappa shape index (κ1) is 15.0. The van der Waals surface area contributed by atoms with E-state index >= 15 is 0 Å². The standard InChI is InChI=1S/C16H17FN2O2/c1-12-6-4-9-15(18-12)19-16(20)10-5-11-21-14-8-3-2-7-13(14)17/h2-4,6-9H,5,10-11H2,1H3,(H,18,19,20). The van der Waals surface area contributed by atoms with Gasteiger partial charge in [0.1, 0.15) is 5.82 Å². The number of halogens is 1. The van der Waals surface area contributed by atoms with Crippen molar-refractivity contribution in [3.05, 3.63) is 54.0 Å². The van der Waals surface area contributed by atoms with Crippen LogP contribution in [0.25, 0.3) is 0 Å². The highest BCUT2D eigenvalue weighted by Gasteiger charge is 2.05. The summed E-state index contributed by atoms with van der Waals surface area (Å²) in [5.74, 6) is 0.212. The van der Waals surface area contributed by atoms with E-state index in [1.54, 1.807) is 24.3 Å². The monoisotopic (exact) mass is 288 g/mol. The Bertz CT molecular complexity index is 617. The highest BCUT2D eigenvalue weighted by molar-refractivity contribution is 5.89. The molecule has 1 amide bonds. The lowest BCUT2D eigenvalue weighted by molar-refractivity contribution is -0.116. The second-order valence-electron chi connectivity index (χ2n) is 4.59. The Morgan fingerprint density at radius 2 is 2.05 bits per heavy atom. The molecular formula is C16H17FN2O2. The molecule has 1 heterocycles. The quantitative estimate of drug-likeness (QED) is 0.829. The van der Waals surface area contributed by atoms with Crippen LogP contribution in [0.1, 0.15) is 18.5 Å². The molecule has 1 N–H and O–H groups in total.